The highest BCUT2D eigenvalue weighted by molar-refractivity contribution is 5.77. The Kier molecular flexibility index (Phi) is 3.98. The van der Waals surface area contributed by atoms with E-state index in [0.29, 0.717) is 18.3 Å². The third kappa shape index (κ3) is 3.29. The van der Waals surface area contributed by atoms with E-state index in [1.54, 1.807) is 0 Å². The zero-order valence-corrected chi connectivity index (χ0v) is 14.3. The first-order valence-corrected chi connectivity index (χ1v) is 7.86. The van der Waals surface area contributed by atoms with Crippen LogP contribution in [0.4, 0.5) is 0 Å². The van der Waals surface area contributed by atoms with Gasteiger partial charge < -0.3 is 8.94 Å². The zero-order valence-electron chi connectivity index (χ0n) is 14.3. The molecule has 0 bridgehead atoms. The SMILES string of the molecule is C[C@H](c1cc2ccccc2o1)N(C)Cc1noc(C(C)(C)C)n1. The van der Waals surface area contributed by atoms with Crippen LogP contribution in [0, 0.1) is 0 Å². The Morgan fingerprint density at radius 3 is 2.61 bits per heavy atom. The molecule has 0 amide bonds. The Bertz CT molecular complexity index is 765. The van der Waals surface area contributed by atoms with Crippen molar-refractivity contribution in [3.63, 3.8) is 0 Å². The molecule has 0 fully saturated rings. The van der Waals surface area contributed by atoms with E-state index >= 15 is 0 Å². The molecule has 3 aromatic rings. The Morgan fingerprint density at radius 2 is 1.96 bits per heavy atom. The van der Waals surface area contributed by atoms with Gasteiger partial charge in [-0.05, 0) is 26.1 Å². The molecule has 3 rings (SSSR count). The maximum absolute atomic E-state index is 5.94. The lowest BCUT2D eigenvalue weighted by molar-refractivity contribution is 0.218. The Morgan fingerprint density at radius 1 is 1.22 bits per heavy atom. The molecule has 0 aliphatic heterocycles. The smallest absolute Gasteiger partial charge is 0.232 e. The van der Waals surface area contributed by atoms with Gasteiger partial charge in [0.05, 0.1) is 12.6 Å². The molecular formula is C18H23N3O2. The van der Waals surface area contributed by atoms with Crippen LogP contribution in [0.1, 0.15) is 51.2 Å². The van der Waals surface area contributed by atoms with Gasteiger partial charge >= 0.3 is 0 Å². The Hall–Kier alpha value is -2.14. The van der Waals surface area contributed by atoms with Gasteiger partial charge in [0.25, 0.3) is 0 Å². The van der Waals surface area contributed by atoms with E-state index in [9.17, 15) is 0 Å². The number of hydrogen-bond acceptors (Lipinski definition) is 5. The minimum atomic E-state index is -0.131. The lowest BCUT2D eigenvalue weighted by Gasteiger charge is -2.21. The van der Waals surface area contributed by atoms with Gasteiger partial charge in [-0.1, -0.05) is 44.1 Å². The molecule has 0 N–H and O–H groups in total. The average Bonchev–Trinajstić information content (AvgIpc) is 3.11. The maximum atomic E-state index is 5.94. The molecule has 2 aromatic heterocycles. The topological polar surface area (TPSA) is 55.3 Å². The molecular weight excluding hydrogens is 290 g/mol. The van der Waals surface area contributed by atoms with E-state index in [-0.39, 0.29) is 11.5 Å². The van der Waals surface area contributed by atoms with Gasteiger partial charge in [0, 0.05) is 10.8 Å². The summed E-state index contributed by atoms with van der Waals surface area (Å²) >= 11 is 0. The second-order valence-electron chi connectivity index (χ2n) is 7.04. The summed E-state index contributed by atoms with van der Waals surface area (Å²) in [5, 5.41) is 5.21. The van der Waals surface area contributed by atoms with Crippen LogP contribution in [0.25, 0.3) is 11.0 Å². The first-order chi connectivity index (χ1) is 10.8. The Labute approximate surface area is 136 Å². The van der Waals surface area contributed by atoms with Crippen LogP contribution in [-0.2, 0) is 12.0 Å². The minimum Gasteiger partial charge on any atom is -0.459 e. The molecule has 1 atom stereocenters. The first-order valence-electron chi connectivity index (χ1n) is 7.86. The highest BCUT2D eigenvalue weighted by Crippen LogP contribution is 2.27. The number of nitrogens with zero attached hydrogens (tertiary/aromatic N) is 3. The molecule has 0 radical (unpaired) electrons. The second kappa shape index (κ2) is 5.81. The van der Waals surface area contributed by atoms with Crippen molar-refractivity contribution < 1.29 is 8.94 Å². The molecule has 0 aliphatic rings. The number of para-hydroxylation sites is 1. The second-order valence-corrected chi connectivity index (χ2v) is 7.04. The van der Waals surface area contributed by atoms with Gasteiger partial charge in [-0.25, -0.2) is 0 Å². The summed E-state index contributed by atoms with van der Waals surface area (Å²) < 4.78 is 11.3. The van der Waals surface area contributed by atoms with Gasteiger partial charge in [0.15, 0.2) is 5.82 Å². The molecule has 23 heavy (non-hydrogen) atoms. The van der Waals surface area contributed by atoms with E-state index in [1.165, 1.54) is 0 Å². The van der Waals surface area contributed by atoms with Crippen molar-refractivity contribution in [3.8, 4) is 0 Å². The Balaban J connectivity index is 1.74. The predicted molar refractivity (Wildman–Crippen MR) is 89.1 cm³/mol. The summed E-state index contributed by atoms with van der Waals surface area (Å²) in [6.45, 7) is 8.90. The lowest BCUT2D eigenvalue weighted by Crippen LogP contribution is -2.22. The fourth-order valence-corrected chi connectivity index (χ4v) is 2.41. The standard InChI is InChI=1S/C18H23N3O2/c1-12(15-10-13-8-6-7-9-14(13)22-15)21(5)11-16-19-17(23-20-16)18(2,3)4/h6-10,12H,11H2,1-5H3/t12-/m1/s1. The number of fused-ring (bicyclic) bond motifs is 1. The first kappa shape index (κ1) is 15.7. The summed E-state index contributed by atoms with van der Waals surface area (Å²) in [7, 11) is 2.03. The number of aromatic nitrogens is 2. The van der Waals surface area contributed by atoms with E-state index in [1.807, 2.05) is 25.2 Å². The van der Waals surface area contributed by atoms with Crippen molar-refractivity contribution in [2.24, 2.45) is 0 Å². The lowest BCUT2D eigenvalue weighted by atomic mass is 9.97. The van der Waals surface area contributed by atoms with Crippen LogP contribution < -0.4 is 0 Å². The van der Waals surface area contributed by atoms with Gasteiger partial charge in [0.2, 0.25) is 5.89 Å². The fourth-order valence-electron chi connectivity index (χ4n) is 2.41. The zero-order chi connectivity index (χ0) is 16.6. The number of hydrogen-bond donors (Lipinski definition) is 0. The van der Waals surface area contributed by atoms with E-state index in [2.05, 4.69) is 54.9 Å². The summed E-state index contributed by atoms with van der Waals surface area (Å²) in [6.07, 6.45) is 0. The molecule has 2 heterocycles. The molecule has 1 aromatic carbocycles. The quantitative estimate of drug-likeness (QED) is 0.718. The normalized spacial score (nSPS) is 13.8. The van der Waals surface area contributed by atoms with Crippen LogP contribution in [0.2, 0.25) is 0 Å². The molecule has 5 nitrogen and oxygen atoms in total. The number of benzene rings is 1. The third-order valence-electron chi connectivity index (χ3n) is 4.02. The molecule has 0 aliphatic carbocycles. The molecule has 5 heteroatoms. The summed E-state index contributed by atoms with van der Waals surface area (Å²) in [4.78, 5) is 6.64. The van der Waals surface area contributed by atoms with Crippen LogP contribution >= 0.6 is 0 Å². The average molecular weight is 313 g/mol. The molecule has 0 saturated heterocycles. The monoisotopic (exact) mass is 313 g/mol. The predicted octanol–water partition coefficient (Wildman–Crippen LogP) is 4.31. The highest BCUT2D eigenvalue weighted by Gasteiger charge is 2.23. The van der Waals surface area contributed by atoms with Crippen molar-refractivity contribution in [3.05, 3.63) is 47.8 Å². The minimum absolute atomic E-state index is 0.124. The third-order valence-corrected chi connectivity index (χ3v) is 4.02. The number of rotatable bonds is 4. The highest BCUT2D eigenvalue weighted by atomic mass is 16.5. The van der Waals surface area contributed by atoms with Crippen LogP contribution in [0.5, 0.6) is 0 Å². The van der Waals surface area contributed by atoms with Crippen molar-refractivity contribution in [1.29, 1.82) is 0 Å². The summed E-state index contributed by atoms with van der Waals surface area (Å²) in [5.41, 5.74) is 0.783. The van der Waals surface area contributed by atoms with Crippen molar-refractivity contribution >= 4 is 11.0 Å². The molecule has 0 unspecified atom stereocenters. The fraction of sp³-hybridized carbons (Fsp3) is 0.444. The van der Waals surface area contributed by atoms with E-state index in [4.69, 9.17) is 8.94 Å². The van der Waals surface area contributed by atoms with Crippen molar-refractivity contribution in [1.82, 2.24) is 15.0 Å². The maximum Gasteiger partial charge on any atom is 0.232 e. The van der Waals surface area contributed by atoms with Gasteiger partial charge in [-0.3, -0.25) is 4.90 Å². The van der Waals surface area contributed by atoms with E-state index in [0.717, 1.165) is 16.7 Å². The van der Waals surface area contributed by atoms with Crippen LogP contribution in [-0.4, -0.2) is 22.1 Å². The molecule has 122 valence electrons. The molecule has 0 spiro atoms. The summed E-state index contributed by atoms with van der Waals surface area (Å²) in [6, 6.07) is 10.3. The van der Waals surface area contributed by atoms with Crippen molar-refractivity contribution in [2.45, 2.75) is 45.7 Å². The van der Waals surface area contributed by atoms with Gasteiger partial charge in [-0.2, -0.15) is 4.98 Å². The van der Waals surface area contributed by atoms with Crippen LogP contribution in [0.3, 0.4) is 0 Å². The van der Waals surface area contributed by atoms with Crippen LogP contribution in [0.15, 0.2) is 39.3 Å². The van der Waals surface area contributed by atoms with Gasteiger partial charge in [0.1, 0.15) is 11.3 Å². The molecule has 0 saturated carbocycles. The van der Waals surface area contributed by atoms with E-state index < -0.39 is 0 Å². The van der Waals surface area contributed by atoms with Gasteiger partial charge in [-0.15, -0.1) is 0 Å². The number of furan rings is 1. The largest absolute Gasteiger partial charge is 0.459 e. The summed E-state index contributed by atoms with van der Waals surface area (Å²) in [5.74, 6) is 2.30. The van der Waals surface area contributed by atoms with Crippen molar-refractivity contribution in [2.75, 3.05) is 7.05 Å².